The average molecular weight is 636 g/mol. The maximum atomic E-state index is 10.0. The summed E-state index contributed by atoms with van der Waals surface area (Å²) in [6.45, 7) is 7.87. The maximum Gasteiger partial charge on any atom is 0.206 e. The van der Waals surface area contributed by atoms with Gasteiger partial charge in [0.05, 0.1) is 51.9 Å². The van der Waals surface area contributed by atoms with Crippen molar-refractivity contribution in [1.82, 2.24) is 9.13 Å². The summed E-state index contributed by atoms with van der Waals surface area (Å²) in [6.07, 6.45) is 0. The van der Waals surface area contributed by atoms with Gasteiger partial charge in [-0.3, -0.25) is 0 Å². The fourth-order valence-electron chi connectivity index (χ4n) is 7.34. The van der Waals surface area contributed by atoms with Crippen molar-refractivity contribution in [2.24, 2.45) is 0 Å². The Kier molecular flexibility index (Phi) is 6.56. The second-order valence-electron chi connectivity index (χ2n) is 12.3. The molecule has 0 aliphatic heterocycles. The standard InChI is InChI=1S/C45H25N5/c1-48-40-26-45(50-43-16-7-4-13-37(43)39-23-29(27-46)17-22-44(39)50)38(25-33(40)28-47)31-20-18-30(19-21-31)32-9-8-10-34(24-32)49-41-14-5-2-11-35(41)36-12-3-6-15-42(36)49/h2-26H. The summed E-state index contributed by atoms with van der Waals surface area (Å²) in [5.74, 6) is 0. The summed E-state index contributed by atoms with van der Waals surface area (Å²) < 4.78 is 4.46. The molecule has 0 amide bonds. The van der Waals surface area contributed by atoms with Crippen molar-refractivity contribution < 1.29 is 0 Å². The second kappa shape index (κ2) is 11.4. The second-order valence-corrected chi connectivity index (χ2v) is 12.3. The third-order valence-corrected chi connectivity index (χ3v) is 9.61. The lowest BCUT2D eigenvalue weighted by Gasteiger charge is -2.16. The van der Waals surface area contributed by atoms with E-state index >= 15 is 0 Å². The lowest BCUT2D eigenvalue weighted by molar-refractivity contribution is 1.18. The van der Waals surface area contributed by atoms with Crippen molar-refractivity contribution >= 4 is 49.3 Å². The quantitative estimate of drug-likeness (QED) is 0.181. The maximum absolute atomic E-state index is 10.0. The van der Waals surface area contributed by atoms with Crippen LogP contribution in [0, 0.1) is 29.2 Å². The molecule has 9 aromatic rings. The van der Waals surface area contributed by atoms with Crippen LogP contribution in [-0.4, -0.2) is 9.13 Å². The van der Waals surface area contributed by atoms with E-state index in [1.54, 1.807) is 0 Å². The predicted octanol–water partition coefficient (Wildman–Crippen LogP) is 11.5. The van der Waals surface area contributed by atoms with E-state index in [1.807, 2.05) is 48.5 Å². The van der Waals surface area contributed by atoms with Crippen LogP contribution in [0.2, 0.25) is 0 Å². The molecule has 0 aliphatic rings. The lowest BCUT2D eigenvalue weighted by atomic mass is 9.96. The van der Waals surface area contributed by atoms with Crippen LogP contribution < -0.4 is 0 Å². The van der Waals surface area contributed by atoms with E-state index < -0.39 is 0 Å². The van der Waals surface area contributed by atoms with Crippen molar-refractivity contribution in [3.8, 4) is 45.8 Å². The van der Waals surface area contributed by atoms with Crippen LogP contribution in [0.5, 0.6) is 0 Å². The predicted molar refractivity (Wildman–Crippen MR) is 202 cm³/mol. The lowest BCUT2D eigenvalue weighted by Crippen LogP contribution is -1.98. The largest absolute Gasteiger partial charge is 0.310 e. The highest BCUT2D eigenvalue weighted by Crippen LogP contribution is 2.40. The minimum absolute atomic E-state index is 0.296. The highest BCUT2D eigenvalue weighted by atomic mass is 15.0. The molecular formula is C45H25N5. The average Bonchev–Trinajstić information content (AvgIpc) is 3.70. The smallest absolute Gasteiger partial charge is 0.206 e. The summed E-state index contributed by atoms with van der Waals surface area (Å²) in [6, 6.07) is 55.9. The molecule has 5 heteroatoms. The van der Waals surface area contributed by atoms with Gasteiger partial charge in [0.25, 0.3) is 0 Å². The van der Waals surface area contributed by atoms with Gasteiger partial charge < -0.3 is 9.13 Å². The number of benzene rings is 7. The number of fused-ring (bicyclic) bond motifs is 6. The monoisotopic (exact) mass is 635 g/mol. The van der Waals surface area contributed by atoms with Crippen LogP contribution in [0.4, 0.5) is 5.69 Å². The zero-order valence-electron chi connectivity index (χ0n) is 26.7. The molecule has 0 radical (unpaired) electrons. The van der Waals surface area contributed by atoms with Gasteiger partial charge in [0, 0.05) is 38.5 Å². The van der Waals surface area contributed by atoms with Crippen LogP contribution in [0.25, 0.3) is 82.1 Å². The van der Waals surface area contributed by atoms with E-state index in [4.69, 9.17) is 6.57 Å². The van der Waals surface area contributed by atoms with Crippen LogP contribution in [0.1, 0.15) is 11.1 Å². The highest BCUT2D eigenvalue weighted by Gasteiger charge is 2.19. The molecular weight excluding hydrogens is 611 g/mol. The van der Waals surface area contributed by atoms with Gasteiger partial charge in [-0.1, -0.05) is 91.0 Å². The summed E-state index contributed by atoms with van der Waals surface area (Å²) in [5.41, 5.74) is 11.2. The Hall–Kier alpha value is -7.39. The molecule has 50 heavy (non-hydrogen) atoms. The number of hydrogen-bond donors (Lipinski definition) is 0. The first kappa shape index (κ1) is 28.8. The SMILES string of the molecule is [C-]#[N+]c1cc(-n2c3ccccc3c3cc(C#N)ccc32)c(-c2ccc(-c3cccc(-n4c5ccccc5c5ccccc54)c3)cc2)cc1C#N. The van der Waals surface area contributed by atoms with Crippen molar-refractivity contribution in [3.05, 3.63) is 174 Å². The zero-order valence-corrected chi connectivity index (χ0v) is 26.7. The number of nitrogens with zero attached hydrogens (tertiary/aromatic N) is 5. The molecule has 0 aliphatic carbocycles. The van der Waals surface area contributed by atoms with Gasteiger partial charge in [-0.05, 0) is 77.4 Å². The first-order chi connectivity index (χ1) is 24.7. The third-order valence-electron chi connectivity index (χ3n) is 9.61. The van der Waals surface area contributed by atoms with Gasteiger partial charge in [0.15, 0.2) is 0 Å². The van der Waals surface area contributed by atoms with Gasteiger partial charge in [-0.2, -0.15) is 10.5 Å². The van der Waals surface area contributed by atoms with Crippen LogP contribution in [-0.2, 0) is 0 Å². The van der Waals surface area contributed by atoms with Crippen LogP contribution in [0.15, 0.2) is 152 Å². The molecule has 2 heterocycles. The number of rotatable bonds is 4. The molecule has 0 spiro atoms. The summed E-state index contributed by atoms with van der Waals surface area (Å²) in [5, 5.41) is 24.1. The molecule has 0 fully saturated rings. The van der Waals surface area contributed by atoms with Crippen LogP contribution in [0.3, 0.4) is 0 Å². The van der Waals surface area contributed by atoms with Gasteiger partial charge in [0.2, 0.25) is 5.69 Å². The fourth-order valence-corrected chi connectivity index (χ4v) is 7.34. The van der Waals surface area contributed by atoms with Gasteiger partial charge in [0.1, 0.15) is 0 Å². The van der Waals surface area contributed by atoms with Crippen molar-refractivity contribution in [2.45, 2.75) is 0 Å². The number of para-hydroxylation sites is 3. The summed E-state index contributed by atoms with van der Waals surface area (Å²) >= 11 is 0. The Balaban J connectivity index is 1.20. The first-order valence-corrected chi connectivity index (χ1v) is 16.3. The Morgan fingerprint density at radius 2 is 1.08 bits per heavy atom. The topological polar surface area (TPSA) is 61.8 Å². The van der Waals surface area contributed by atoms with Gasteiger partial charge >= 0.3 is 0 Å². The minimum Gasteiger partial charge on any atom is -0.310 e. The molecule has 230 valence electrons. The number of aromatic nitrogens is 2. The van der Waals surface area contributed by atoms with Crippen molar-refractivity contribution in [2.75, 3.05) is 0 Å². The van der Waals surface area contributed by atoms with E-state index in [0.717, 1.165) is 55.4 Å². The Morgan fingerprint density at radius 3 is 1.72 bits per heavy atom. The molecule has 0 atom stereocenters. The van der Waals surface area contributed by atoms with Gasteiger partial charge in [-0.25, -0.2) is 4.85 Å². The Morgan fingerprint density at radius 1 is 0.480 bits per heavy atom. The molecule has 0 saturated heterocycles. The molecule has 0 saturated carbocycles. The summed E-state index contributed by atoms with van der Waals surface area (Å²) in [7, 11) is 0. The van der Waals surface area contributed by atoms with E-state index in [9.17, 15) is 10.5 Å². The number of nitriles is 2. The Labute approximate surface area is 288 Å². The highest BCUT2D eigenvalue weighted by molar-refractivity contribution is 6.11. The van der Waals surface area contributed by atoms with E-state index in [2.05, 4.69) is 129 Å². The molecule has 9 rings (SSSR count). The normalized spacial score (nSPS) is 11.1. The first-order valence-electron chi connectivity index (χ1n) is 16.3. The van der Waals surface area contributed by atoms with Gasteiger partial charge in [-0.15, -0.1) is 0 Å². The molecule has 0 bridgehead atoms. The Bertz CT molecular complexity index is 2900. The van der Waals surface area contributed by atoms with E-state index in [-0.39, 0.29) is 0 Å². The minimum atomic E-state index is 0.296. The van der Waals surface area contributed by atoms with E-state index in [0.29, 0.717) is 16.8 Å². The molecule has 2 aromatic heterocycles. The number of hydrogen-bond acceptors (Lipinski definition) is 2. The molecule has 7 aromatic carbocycles. The third kappa shape index (κ3) is 4.38. The van der Waals surface area contributed by atoms with Crippen LogP contribution >= 0.6 is 0 Å². The molecule has 0 N–H and O–H groups in total. The van der Waals surface area contributed by atoms with E-state index in [1.165, 1.54) is 21.8 Å². The molecule has 0 unspecified atom stereocenters. The fraction of sp³-hybridized carbons (Fsp3) is 0. The molecule has 5 nitrogen and oxygen atoms in total. The van der Waals surface area contributed by atoms with Crippen molar-refractivity contribution in [3.63, 3.8) is 0 Å². The van der Waals surface area contributed by atoms with Crippen molar-refractivity contribution in [1.29, 1.82) is 10.5 Å². The zero-order chi connectivity index (χ0) is 33.8. The summed E-state index contributed by atoms with van der Waals surface area (Å²) in [4.78, 5) is 3.72.